The maximum absolute atomic E-state index is 12.5. The van der Waals surface area contributed by atoms with Crippen LogP contribution in [0.5, 0.6) is 5.75 Å². The topological polar surface area (TPSA) is 75.3 Å². The third-order valence-corrected chi connectivity index (χ3v) is 4.99. The van der Waals surface area contributed by atoms with Crippen LogP contribution >= 0.6 is 0 Å². The van der Waals surface area contributed by atoms with Gasteiger partial charge in [-0.25, -0.2) is 0 Å². The number of ether oxygens (including phenoxy) is 1. The smallest absolute Gasteiger partial charge is 0.254 e. The van der Waals surface area contributed by atoms with E-state index < -0.39 is 0 Å². The number of amides is 1. The number of hydrogen-bond donors (Lipinski definition) is 0. The zero-order valence-electron chi connectivity index (χ0n) is 15.6. The van der Waals surface area contributed by atoms with E-state index in [4.69, 9.17) is 10.00 Å². The molecule has 27 heavy (non-hydrogen) atoms. The van der Waals surface area contributed by atoms with Crippen LogP contribution in [0.25, 0.3) is 0 Å². The van der Waals surface area contributed by atoms with Gasteiger partial charge in [-0.15, -0.1) is 0 Å². The average molecular weight is 365 g/mol. The van der Waals surface area contributed by atoms with E-state index in [1.807, 2.05) is 30.0 Å². The van der Waals surface area contributed by atoms with Crippen molar-refractivity contribution in [2.75, 3.05) is 13.1 Å². The van der Waals surface area contributed by atoms with Gasteiger partial charge in [-0.05, 0) is 37.1 Å². The second-order valence-electron chi connectivity index (χ2n) is 6.91. The van der Waals surface area contributed by atoms with E-state index in [9.17, 15) is 9.59 Å². The Morgan fingerprint density at radius 2 is 2.04 bits per heavy atom. The lowest BCUT2D eigenvalue weighted by atomic mass is 10.1. The highest BCUT2D eigenvalue weighted by atomic mass is 16.5. The van der Waals surface area contributed by atoms with Crippen molar-refractivity contribution in [1.82, 2.24) is 9.47 Å². The molecule has 0 saturated carbocycles. The third-order valence-electron chi connectivity index (χ3n) is 4.99. The van der Waals surface area contributed by atoms with Crippen LogP contribution in [-0.4, -0.2) is 34.6 Å². The minimum absolute atomic E-state index is 0.0876. The van der Waals surface area contributed by atoms with Crippen molar-refractivity contribution >= 4 is 5.91 Å². The highest BCUT2D eigenvalue weighted by Crippen LogP contribution is 2.19. The Balaban J connectivity index is 1.52. The molecule has 2 aromatic rings. The molecule has 0 radical (unpaired) electrons. The average Bonchev–Trinajstić information content (AvgIpc) is 3.13. The van der Waals surface area contributed by atoms with Crippen LogP contribution in [0.2, 0.25) is 0 Å². The van der Waals surface area contributed by atoms with E-state index in [1.165, 1.54) is 6.07 Å². The van der Waals surface area contributed by atoms with Gasteiger partial charge in [-0.3, -0.25) is 9.59 Å². The first-order chi connectivity index (χ1) is 13.0. The number of rotatable bonds is 5. The summed E-state index contributed by atoms with van der Waals surface area (Å²) in [6, 6.07) is 12.7. The number of benzene rings is 1. The molecule has 3 rings (SSSR count). The number of hydrogen-bond acceptors (Lipinski definition) is 4. The number of nitrogens with zero attached hydrogens (tertiary/aromatic N) is 3. The Labute approximate surface area is 158 Å². The van der Waals surface area contributed by atoms with Crippen LogP contribution in [0.15, 0.2) is 41.2 Å². The second kappa shape index (κ2) is 8.09. The lowest BCUT2D eigenvalue weighted by Gasteiger charge is -2.18. The molecule has 0 aliphatic carbocycles. The van der Waals surface area contributed by atoms with Gasteiger partial charge in [0.25, 0.3) is 5.56 Å². The molecule has 0 N–H and O–H groups in total. The molecule has 1 amide bonds. The van der Waals surface area contributed by atoms with E-state index in [2.05, 4.69) is 6.07 Å². The summed E-state index contributed by atoms with van der Waals surface area (Å²) in [6.45, 7) is 3.07. The van der Waals surface area contributed by atoms with Crippen LogP contribution in [0.4, 0.5) is 0 Å². The van der Waals surface area contributed by atoms with E-state index in [-0.39, 0.29) is 17.6 Å². The molecule has 1 unspecified atom stereocenters. The molecule has 6 nitrogen and oxygen atoms in total. The first-order valence-corrected chi connectivity index (χ1v) is 9.07. The third kappa shape index (κ3) is 4.56. The van der Waals surface area contributed by atoms with Crippen molar-refractivity contribution in [2.24, 2.45) is 7.05 Å². The standard InChI is InChI=1S/C21H23N3O3/c1-15-11-19(12-21(26)23(15)2)27-18-9-10-24(14-18)20(25)8-7-16-3-5-17(13-22)6-4-16/h3-6,11-12,18H,7-10,14H2,1-2H3. The number of aromatic nitrogens is 1. The van der Waals surface area contributed by atoms with Crippen LogP contribution in [-0.2, 0) is 18.3 Å². The summed E-state index contributed by atoms with van der Waals surface area (Å²) in [6.07, 6.45) is 1.76. The molecule has 1 atom stereocenters. The van der Waals surface area contributed by atoms with Crippen molar-refractivity contribution < 1.29 is 9.53 Å². The van der Waals surface area contributed by atoms with Gasteiger partial charge in [0, 0.05) is 38.2 Å². The summed E-state index contributed by atoms with van der Waals surface area (Å²) < 4.78 is 7.49. The van der Waals surface area contributed by atoms with Crippen LogP contribution in [0, 0.1) is 18.3 Å². The maximum atomic E-state index is 12.5. The number of aryl methyl sites for hydroxylation is 2. The number of pyridine rings is 1. The first kappa shape index (κ1) is 18.7. The Morgan fingerprint density at radius 3 is 2.70 bits per heavy atom. The molecule has 1 fully saturated rings. The number of nitriles is 1. The van der Waals surface area contributed by atoms with Crippen molar-refractivity contribution in [1.29, 1.82) is 5.26 Å². The largest absolute Gasteiger partial charge is 0.488 e. The zero-order chi connectivity index (χ0) is 19.4. The predicted molar refractivity (Wildman–Crippen MR) is 102 cm³/mol. The molecule has 1 aliphatic heterocycles. The molecule has 1 aliphatic rings. The van der Waals surface area contributed by atoms with Crippen LogP contribution in [0.3, 0.4) is 0 Å². The monoisotopic (exact) mass is 365 g/mol. The molecule has 1 aromatic carbocycles. The Bertz CT molecular complexity index is 925. The minimum atomic E-state index is -0.0988. The normalized spacial score (nSPS) is 16.2. The summed E-state index contributed by atoms with van der Waals surface area (Å²) in [5, 5.41) is 8.82. The van der Waals surface area contributed by atoms with E-state index >= 15 is 0 Å². The van der Waals surface area contributed by atoms with Gasteiger partial charge in [-0.2, -0.15) is 5.26 Å². The molecular formula is C21H23N3O3. The van der Waals surface area contributed by atoms with Gasteiger partial charge in [0.15, 0.2) is 0 Å². The summed E-state index contributed by atoms with van der Waals surface area (Å²) >= 11 is 0. The number of carbonyl (C=O) groups excluding carboxylic acids is 1. The first-order valence-electron chi connectivity index (χ1n) is 9.07. The number of carbonyl (C=O) groups is 1. The maximum Gasteiger partial charge on any atom is 0.254 e. The Morgan fingerprint density at radius 1 is 1.30 bits per heavy atom. The fourth-order valence-electron chi connectivity index (χ4n) is 3.20. The summed E-state index contributed by atoms with van der Waals surface area (Å²) in [4.78, 5) is 26.1. The molecule has 1 saturated heterocycles. The Kier molecular flexibility index (Phi) is 5.60. The molecule has 2 heterocycles. The van der Waals surface area contributed by atoms with Gasteiger partial charge in [-0.1, -0.05) is 12.1 Å². The Hall–Kier alpha value is -3.07. The molecule has 0 bridgehead atoms. The molecule has 0 spiro atoms. The summed E-state index contributed by atoms with van der Waals surface area (Å²) in [5.41, 5.74) is 2.41. The lowest BCUT2D eigenvalue weighted by molar-refractivity contribution is -0.130. The summed E-state index contributed by atoms with van der Waals surface area (Å²) in [7, 11) is 1.73. The SMILES string of the molecule is Cc1cc(OC2CCN(C(=O)CCc3ccc(C#N)cc3)C2)cc(=O)n1C. The quantitative estimate of drug-likeness (QED) is 0.814. The molecule has 6 heteroatoms. The molecule has 1 aromatic heterocycles. The zero-order valence-corrected chi connectivity index (χ0v) is 15.6. The molecule has 140 valence electrons. The highest BCUT2D eigenvalue weighted by Gasteiger charge is 2.27. The van der Waals surface area contributed by atoms with Crippen LogP contribution < -0.4 is 10.3 Å². The van der Waals surface area contributed by atoms with Crippen molar-refractivity contribution in [3.05, 3.63) is 63.6 Å². The fraction of sp³-hybridized carbons (Fsp3) is 0.381. The summed E-state index contributed by atoms with van der Waals surface area (Å²) in [5.74, 6) is 0.665. The van der Waals surface area contributed by atoms with E-state index in [1.54, 1.807) is 23.7 Å². The van der Waals surface area contributed by atoms with Crippen molar-refractivity contribution in [3.8, 4) is 11.8 Å². The van der Waals surface area contributed by atoms with Crippen LogP contribution in [0.1, 0.15) is 29.7 Å². The highest BCUT2D eigenvalue weighted by molar-refractivity contribution is 5.76. The van der Waals surface area contributed by atoms with Gasteiger partial charge >= 0.3 is 0 Å². The van der Waals surface area contributed by atoms with Gasteiger partial charge < -0.3 is 14.2 Å². The van der Waals surface area contributed by atoms with Crippen molar-refractivity contribution in [3.63, 3.8) is 0 Å². The lowest BCUT2D eigenvalue weighted by Crippen LogP contribution is -2.31. The molecular weight excluding hydrogens is 342 g/mol. The van der Waals surface area contributed by atoms with E-state index in [0.29, 0.717) is 37.2 Å². The fourth-order valence-corrected chi connectivity index (χ4v) is 3.20. The minimum Gasteiger partial charge on any atom is -0.488 e. The number of likely N-dealkylation sites (tertiary alicyclic amines) is 1. The second-order valence-corrected chi connectivity index (χ2v) is 6.91. The van der Waals surface area contributed by atoms with Gasteiger partial charge in [0.05, 0.1) is 18.2 Å². The van der Waals surface area contributed by atoms with Crippen molar-refractivity contribution in [2.45, 2.75) is 32.3 Å². The predicted octanol–water partition coefficient (Wildman–Crippen LogP) is 2.18. The van der Waals surface area contributed by atoms with Gasteiger partial charge in [0.2, 0.25) is 5.91 Å². The van der Waals surface area contributed by atoms with Gasteiger partial charge in [0.1, 0.15) is 11.9 Å². The van der Waals surface area contributed by atoms with E-state index in [0.717, 1.165) is 17.7 Å².